The number of carbonyl (C=O) groups is 1. The van der Waals surface area contributed by atoms with Gasteiger partial charge in [-0.1, -0.05) is 18.2 Å². The predicted octanol–water partition coefficient (Wildman–Crippen LogP) is 2.55. The van der Waals surface area contributed by atoms with Crippen molar-refractivity contribution >= 4 is 5.97 Å². The molecule has 3 heteroatoms. The maximum atomic E-state index is 11.4. The maximum Gasteiger partial charge on any atom is 0.344 e. The second-order valence-electron chi connectivity index (χ2n) is 4.00. The van der Waals surface area contributed by atoms with Gasteiger partial charge >= 0.3 is 5.97 Å². The molecule has 0 bridgehead atoms. The summed E-state index contributed by atoms with van der Waals surface area (Å²) in [5.74, 6) is 0.432. The van der Waals surface area contributed by atoms with E-state index < -0.39 is 0 Å². The minimum Gasteiger partial charge on any atom is -0.482 e. The predicted molar refractivity (Wildman–Crippen MR) is 60.3 cm³/mol. The van der Waals surface area contributed by atoms with Gasteiger partial charge in [0.05, 0.1) is 0 Å². The first kappa shape index (κ1) is 11.0. The summed E-state index contributed by atoms with van der Waals surface area (Å²) < 4.78 is 10.6. The summed E-state index contributed by atoms with van der Waals surface area (Å²) in [4.78, 5) is 11.4. The van der Waals surface area contributed by atoms with Crippen molar-refractivity contribution in [1.82, 2.24) is 0 Å². The summed E-state index contributed by atoms with van der Waals surface area (Å²) in [6.07, 6.45) is 4.44. The summed E-state index contributed by atoms with van der Waals surface area (Å²) in [5, 5.41) is 0. The van der Waals surface area contributed by atoms with E-state index in [9.17, 15) is 4.79 Å². The molecule has 1 saturated carbocycles. The van der Waals surface area contributed by atoms with Crippen LogP contribution in [0.15, 0.2) is 30.3 Å². The number of carbonyl (C=O) groups excluding carboxylic acids is 1. The molecule has 0 heterocycles. The van der Waals surface area contributed by atoms with Gasteiger partial charge in [-0.2, -0.15) is 0 Å². The number of para-hydroxylation sites is 1. The van der Waals surface area contributed by atoms with Crippen molar-refractivity contribution < 1.29 is 14.3 Å². The Morgan fingerprint density at radius 3 is 2.56 bits per heavy atom. The molecule has 0 atom stereocenters. The van der Waals surface area contributed by atoms with Gasteiger partial charge in [0.2, 0.25) is 0 Å². The largest absolute Gasteiger partial charge is 0.482 e. The lowest BCUT2D eigenvalue weighted by Crippen LogP contribution is -2.20. The number of hydrogen-bond acceptors (Lipinski definition) is 3. The zero-order valence-electron chi connectivity index (χ0n) is 9.22. The lowest BCUT2D eigenvalue weighted by atomic mass is 10.3. The molecule has 0 aliphatic heterocycles. The van der Waals surface area contributed by atoms with E-state index in [0.717, 1.165) is 25.7 Å². The van der Waals surface area contributed by atoms with Gasteiger partial charge in [-0.25, -0.2) is 4.79 Å². The zero-order chi connectivity index (χ0) is 11.2. The molecule has 1 aromatic carbocycles. The Morgan fingerprint density at radius 2 is 1.88 bits per heavy atom. The van der Waals surface area contributed by atoms with E-state index in [1.165, 1.54) is 0 Å². The van der Waals surface area contributed by atoms with E-state index in [1.807, 2.05) is 30.3 Å². The van der Waals surface area contributed by atoms with E-state index in [2.05, 4.69) is 0 Å². The number of hydrogen-bond donors (Lipinski definition) is 0. The summed E-state index contributed by atoms with van der Waals surface area (Å²) in [7, 11) is 0. The minimum atomic E-state index is -0.268. The zero-order valence-corrected chi connectivity index (χ0v) is 9.22. The van der Waals surface area contributed by atoms with Crippen LogP contribution < -0.4 is 4.74 Å². The van der Waals surface area contributed by atoms with Crippen LogP contribution >= 0.6 is 0 Å². The second-order valence-corrected chi connectivity index (χ2v) is 4.00. The lowest BCUT2D eigenvalue weighted by molar-refractivity contribution is -0.151. The molecule has 0 aromatic heterocycles. The van der Waals surface area contributed by atoms with E-state index in [1.54, 1.807) is 0 Å². The molecule has 0 unspecified atom stereocenters. The van der Waals surface area contributed by atoms with Crippen LogP contribution in [0.3, 0.4) is 0 Å². The molecule has 1 aliphatic carbocycles. The quantitative estimate of drug-likeness (QED) is 0.731. The Morgan fingerprint density at radius 1 is 1.19 bits per heavy atom. The van der Waals surface area contributed by atoms with Crippen LogP contribution in [0.25, 0.3) is 0 Å². The first-order valence-electron chi connectivity index (χ1n) is 5.72. The number of rotatable bonds is 4. The van der Waals surface area contributed by atoms with Gasteiger partial charge < -0.3 is 9.47 Å². The van der Waals surface area contributed by atoms with Crippen molar-refractivity contribution in [3.8, 4) is 5.75 Å². The van der Waals surface area contributed by atoms with Gasteiger partial charge in [0, 0.05) is 0 Å². The molecule has 0 amide bonds. The third kappa shape index (κ3) is 3.26. The molecule has 1 aromatic rings. The van der Waals surface area contributed by atoms with Crippen molar-refractivity contribution in [2.24, 2.45) is 0 Å². The second kappa shape index (κ2) is 5.54. The Labute approximate surface area is 95.4 Å². The highest BCUT2D eigenvalue weighted by molar-refractivity contribution is 5.71. The van der Waals surface area contributed by atoms with E-state index >= 15 is 0 Å². The molecule has 1 fully saturated rings. The van der Waals surface area contributed by atoms with Crippen LogP contribution in [0.4, 0.5) is 0 Å². The lowest BCUT2D eigenvalue weighted by Gasteiger charge is -2.11. The standard InChI is InChI=1S/C13H16O3/c14-13(16-12-8-4-5-9-12)10-15-11-6-2-1-3-7-11/h1-3,6-7,12H,4-5,8-10H2. The molecule has 0 spiro atoms. The van der Waals surface area contributed by atoms with Crippen molar-refractivity contribution in [3.05, 3.63) is 30.3 Å². The van der Waals surface area contributed by atoms with Gasteiger partial charge in [-0.05, 0) is 37.8 Å². The SMILES string of the molecule is O=C(COc1ccccc1)OC1CCCC1. The molecule has 0 saturated heterocycles. The van der Waals surface area contributed by atoms with Crippen LogP contribution in [-0.2, 0) is 9.53 Å². The van der Waals surface area contributed by atoms with Crippen molar-refractivity contribution in [2.45, 2.75) is 31.8 Å². The molecule has 0 N–H and O–H groups in total. The molecular formula is C13H16O3. The van der Waals surface area contributed by atoms with E-state index in [0.29, 0.717) is 5.75 Å². The Hall–Kier alpha value is -1.51. The van der Waals surface area contributed by atoms with E-state index in [4.69, 9.17) is 9.47 Å². The summed E-state index contributed by atoms with van der Waals surface area (Å²) >= 11 is 0. The van der Waals surface area contributed by atoms with Gasteiger partial charge in [0.1, 0.15) is 11.9 Å². The molecule has 0 radical (unpaired) electrons. The monoisotopic (exact) mass is 220 g/mol. The summed E-state index contributed by atoms with van der Waals surface area (Å²) in [5.41, 5.74) is 0. The highest BCUT2D eigenvalue weighted by Crippen LogP contribution is 2.21. The van der Waals surface area contributed by atoms with Crippen LogP contribution in [0.5, 0.6) is 5.75 Å². The molecule has 16 heavy (non-hydrogen) atoms. The van der Waals surface area contributed by atoms with E-state index in [-0.39, 0.29) is 18.7 Å². The number of esters is 1. The Kier molecular flexibility index (Phi) is 3.81. The van der Waals surface area contributed by atoms with Crippen molar-refractivity contribution in [1.29, 1.82) is 0 Å². The average Bonchev–Trinajstić information content (AvgIpc) is 2.81. The average molecular weight is 220 g/mol. The number of ether oxygens (including phenoxy) is 2. The highest BCUT2D eigenvalue weighted by atomic mass is 16.6. The van der Waals surface area contributed by atoms with Crippen LogP contribution in [-0.4, -0.2) is 18.7 Å². The molecule has 1 aliphatic rings. The normalized spacial score (nSPS) is 16.0. The summed E-state index contributed by atoms with van der Waals surface area (Å²) in [6, 6.07) is 9.30. The van der Waals surface area contributed by atoms with Gasteiger partial charge in [-0.15, -0.1) is 0 Å². The highest BCUT2D eigenvalue weighted by Gasteiger charge is 2.19. The Bertz CT molecular complexity index is 328. The fraction of sp³-hybridized carbons (Fsp3) is 0.462. The first-order chi connectivity index (χ1) is 7.84. The summed E-state index contributed by atoms with van der Waals surface area (Å²) in [6.45, 7) is 0.000509. The first-order valence-corrected chi connectivity index (χ1v) is 5.72. The topological polar surface area (TPSA) is 35.5 Å². The van der Waals surface area contributed by atoms with Crippen LogP contribution in [0.1, 0.15) is 25.7 Å². The minimum absolute atomic E-state index is 0.000509. The molecule has 3 nitrogen and oxygen atoms in total. The fourth-order valence-corrected chi connectivity index (χ4v) is 1.89. The molecule has 86 valence electrons. The van der Waals surface area contributed by atoms with Gasteiger partial charge in [-0.3, -0.25) is 0 Å². The van der Waals surface area contributed by atoms with Gasteiger partial charge in [0.25, 0.3) is 0 Å². The third-order valence-corrected chi connectivity index (χ3v) is 2.70. The molecule has 2 rings (SSSR count). The molecular weight excluding hydrogens is 204 g/mol. The van der Waals surface area contributed by atoms with Crippen LogP contribution in [0.2, 0.25) is 0 Å². The number of benzene rings is 1. The maximum absolute atomic E-state index is 11.4. The van der Waals surface area contributed by atoms with Crippen LogP contribution in [0, 0.1) is 0 Å². The van der Waals surface area contributed by atoms with Crippen molar-refractivity contribution in [2.75, 3.05) is 6.61 Å². The Balaban J connectivity index is 1.71. The fourth-order valence-electron chi connectivity index (χ4n) is 1.89. The van der Waals surface area contributed by atoms with Gasteiger partial charge in [0.15, 0.2) is 6.61 Å². The third-order valence-electron chi connectivity index (χ3n) is 2.70. The smallest absolute Gasteiger partial charge is 0.344 e. The van der Waals surface area contributed by atoms with Crippen molar-refractivity contribution in [3.63, 3.8) is 0 Å².